The number of amides is 1. The fourth-order valence-electron chi connectivity index (χ4n) is 2.31. The molecule has 1 amide bonds. The summed E-state index contributed by atoms with van der Waals surface area (Å²) >= 11 is 0. The SMILES string of the molecule is CC(C)CC1NC(C(C)C)C(=O)N1CCS(C)=O. The molecule has 3 atom stereocenters. The third kappa shape index (κ3) is 4.05. The highest BCUT2D eigenvalue weighted by Crippen LogP contribution is 2.21. The van der Waals surface area contributed by atoms with Crippen molar-refractivity contribution in [3.05, 3.63) is 0 Å². The van der Waals surface area contributed by atoms with Crippen molar-refractivity contribution in [1.82, 2.24) is 10.2 Å². The van der Waals surface area contributed by atoms with E-state index in [0.717, 1.165) is 6.42 Å². The Labute approximate surface area is 113 Å². The van der Waals surface area contributed by atoms with Crippen LogP contribution in [0.4, 0.5) is 0 Å². The highest BCUT2D eigenvalue weighted by Gasteiger charge is 2.39. The molecular formula is C13H26N2O2S. The van der Waals surface area contributed by atoms with Gasteiger partial charge >= 0.3 is 0 Å². The van der Waals surface area contributed by atoms with Gasteiger partial charge in [0.1, 0.15) is 0 Å². The average Bonchev–Trinajstić information content (AvgIpc) is 2.52. The van der Waals surface area contributed by atoms with Crippen LogP contribution < -0.4 is 5.32 Å². The van der Waals surface area contributed by atoms with E-state index in [1.54, 1.807) is 6.26 Å². The molecule has 4 nitrogen and oxygen atoms in total. The fraction of sp³-hybridized carbons (Fsp3) is 0.923. The van der Waals surface area contributed by atoms with E-state index in [1.807, 2.05) is 4.90 Å². The minimum atomic E-state index is -0.848. The molecule has 106 valence electrons. The van der Waals surface area contributed by atoms with Crippen LogP contribution >= 0.6 is 0 Å². The Morgan fingerprint density at radius 2 is 1.94 bits per heavy atom. The van der Waals surface area contributed by atoms with Crippen LogP contribution in [-0.4, -0.2) is 45.8 Å². The zero-order valence-corrected chi connectivity index (χ0v) is 12.9. The van der Waals surface area contributed by atoms with Gasteiger partial charge in [0, 0.05) is 29.4 Å². The third-order valence-corrected chi connectivity index (χ3v) is 4.04. The van der Waals surface area contributed by atoms with Crippen molar-refractivity contribution in [3.8, 4) is 0 Å². The summed E-state index contributed by atoms with van der Waals surface area (Å²) in [7, 11) is -0.848. The zero-order valence-electron chi connectivity index (χ0n) is 12.1. The van der Waals surface area contributed by atoms with Gasteiger partial charge in [-0.15, -0.1) is 0 Å². The van der Waals surface area contributed by atoms with Gasteiger partial charge in [-0.05, 0) is 18.3 Å². The van der Waals surface area contributed by atoms with Crippen LogP contribution in [0.5, 0.6) is 0 Å². The van der Waals surface area contributed by atoms with Crippen LogP contribution in [0.15, 0.2) is 0 Å². The molecule has 1 aliphatic heterocycles. The molecule has 5 heteroatoms. The highest BCUT2D eigenvalue weighted by atomic mass is 32.2. The normalized spacial score (nSPS) is 26.4. The second kappa shape index (κ2) is 6.66. The molecular weight excluding hydrogens is 248 g/mol. The van der Waals surface area contributed by atoms with Crippen LogP contribution in [0, 0.1) is 11.8 Å². The number of nitrogens with one attached hydrogen (secondary N) is 1. The van der Waals surface area contributed by atoms with Crippen molar-refractivity contribution < 1.29 is 9.00 Å². The quantitative estimate of drug-likeness (QED) is 0.791. The summed E-state index contributed by atoms with van der Waals surface area (Å²) in [5.41, 5.74) is 0. The Bertz CT molecular complexity index is 318. The maximum absolute atomic E-state index is 12.3. The number of hydrogen-bond acceptors (Lipinski definition) is 3. The Balaban J connectivity index is 2.73. The lowest BCUT2D eigenvalue weighted by Crippen LogP contribution is -2.40. The molecule has 0 spiro atoms. The van der Waals surface area contributed by atoms with Crippen molar-refractivity contribution in [2.45, 2.75) is 46.3 Å². The molecule has 0 saturated carbocycles. The van der Waals surface area contributed by atoms with Crippen LogP contribution in [0.2, 0.25) is 0 Å². The fourth-order valence-corrected chi connectivity index (χ4v) is 2.77. The van der Waals surface area contributed by atoms with E-state index in [1.165, 1.54) is 0 Å². The van der Waals surface area contributed by atoms with Gasteiger partial charge in [0.2, 0.25) is 5.91 Å². The van der Waals surface area contributed by atoms with Crippen molar-refractivity contribution >= 4 is 16.7 Å². The molecule has 0 aromatic rings. The molecule has 0 aromatic carbocycles. The van der Waals surface area contributed by atoms with Gasteiger partial charge in [0.15, 0.2) is 0 Å². The Hall–Kier alpha value is -0.420. The number of carbonyl (C=O) groups is 1. The minimum Gasteiger partial charge on any atom is -0.325 e. The van der Waals surface area contributed by atoms with Gasteiger partial charge < -0.3 is 4.90 Å². The third-order valence-electron chi connectivity index (χ3n) is 3.28. The number of carbonyl (C=O) groups excluding carboxylic acids is 1. The van der Waals surface area contributed by atoms with E-state index < -0.39 is 10.8 Å². The van der Waals surface area contributed by atoms with Crippen molar-refractivity contribution in [1.29, 1.82) is 0 Å². The van der Waals surface area contributed by atoms with Gasteiger partial charge in [0.25, 0.3) is 0 Å². The Kier molecular flexibility index (Phi) is 5.79. The smallest absolute Gasteiger partial charge is 0.241 e. The predicted molar refractivity (Wildman–Crippen MR) is 75.7 cm³/mol. The molecule has 1 saturated heterocycles. The maximum atomic E-state index is 12.3. The molecule has 1 rings (SSSR count). The van der Waals surface area contributed by atoms with Gasteiger partial charge in [-0.25, -0.2) is 0 Å². The van der Waals surface area contributed by atoms with Crippen molar-refractivity contribution in [3.63, 3.8) is 0 Å². The van der Waals surface area contributed by atoms with Crippen molar-refractivity contribution in [2.24, 2.45) is 11.8 Å². The first kappa shape index (κ1) is 15.6. The lowest BCUT2D eigenvalue weighted by molar-refractivity contribution is -0.130. The number of hydrogen-bond donors (Lipinski definition) is 1. The summed E-state index contributed by atoms with van der Waals surface area (Å²) in [4.78, 5) is 14.2. The monoisotopic (exact) mass is 274 g/mol. The Morgan fingerprint density at radius 1 is 1.33 bits per heavy atom. The van der Waals surface area contributed by atoms with Gasteiger partial charge in [0.05, 0.1) is 12.2 Å². The summed E-state index contributed by atoms with van der Waals surface area (Å²) in [5.74, 6) is 1.56. The van der Waals surface area contributed by atoms with Gasteiger partial charge in [-0.1, -0.05) is 27.7 Å². The molecule has 3 unspecified atom stereocenters. The summed E-state index contributed by atoms with van der Waals surface area (Å²) in [6, 6.07) is -0.0842. The van der Waals surface area contributed by atoms with E-state index in [4.69, 9.17) is 0 Å². The van der Waals surface area contributed by atoms with E-state index in [2.05, 4.69) is 33.0 Å². The van der Waals surface area contributed by atoms with E-state index in [0.29, 0.717) is 24.1 Å². The summed E-state index contributed by atoms with van der Waals surface area (Å²) in [6.07, 6.45) is 2.74. The molecule has 0 aromatic heterocycles. The van der Waals surface area contributed by atoms with E-state index in [9.17, 15) is 9.00 Å². The highest BCUT2D eigenvalue weighted by molar-refractivity contribution is 7.84. The van der Waals surface area contributed by atoms with Crippen molar-refractivity contribution in [2.75, 3.05) is 18.6 Å². The molecule has 1 fully saturated rings. The molecule has 1 N–H and O–H groups in total. The largest absolute Gasteiger partial charge is 0.325 e. The lowest BCUT2D eigenvalue weighted by atomic mass is 10.0. The average molecular weight is 274 g/mol. The number of rotatable bonds is 6. The first-order chi connectivity index (χ1) is 8.32. The van der Waals surface area contributed by atoms with E-state index in [-0.39, 0.29) is 18.1 Å². The van der Waals surface area contributed by atoms with Crippen LogP contribution in [0.1, 0.15) is 34.1 Å². The summed E-state index contributed by atoms with van der Waals surface area (Å²) in [5, 5.41) is 3.42. The first-order valence-corrected chi connectivity index (χ1v) is 8.42. The zero-order chi connectivity index (χ0) is 13.9. The summed E-state index contributed by atoms with van der Waals surface area (Å²) in [6.45, 7) is 9.03. The molecule has 1 aliphatic rings. The number of nitrogens with zero attached hydrogens (tertiary/aromatic N) is 1. The Morgan fingerprint density at radius 3 is 2.39 bits per heavy atom. The molecule has 0 radical (unpaired) electrons. The second-order valence-corrected chi connectivity index (χ2v) is 7.40. The molecule has 0 bridgehead atoms. The molecule has 1 heterocycles. The minimum absolute atomic E-state index is 0.0842. The summed E-state index contributed by atoms with van der Waals surface area (Å²) < 4.78 is 11.2. The van der Waals surface area contributed by atoms with Gasteiger partial charge in [-0.2, -0.15) is 0 Å². The predicted octanol–water partition coefficient (Wildman–Crippen LogP) is 1.19. The topological polar surface area (TPSA) is 49.4 Å². The second-order valence-electron chi connectivity index (χ2n) is 5.84. The standard InChI is InChI=1S/C13H26N2O2S/c1-9(2)8-11-14-12(10(3)4)13(16)15(11)6-7-18(5)17/h9-12,14H,6-8H2,1-5H3. The van der Waals surface area contributed by atoms with E-state index >= 15 is 0 Å². The first-order valence-electron chi connectivity index (χ1n) is 6.69. The maximum Gasteiger partial charge on any atom is 0.241 e. The van der Waals surface area contributed by atoms with Crippen LogP contribution in [-0.2, 0) is 15.6 Å². The molecule has 0 aliphatic carbocycles. The lowest BCUT2D eigenvalue weighted by Gasteiger charge is -2.25. The van der Waals surface area contributed by atoms with Crippen LogP contribution in [0.25, 0.3) is 0 Å². The molecule has 18 heavy (non-hydrogen) atoms. The van der Waals surface area contributed by atoms with Gasteiger partial charge in [-0.3, -0.25) is 14.3 Å². The van der Waals surface area contributed by atoms with Crippen LogP contribution in [0.3, 0.4) is 0 Å².